The van der Waals surface area contributed by atoms with Crippen LogP contribution in [0, 0.1) is 4.91 Å². The molecule has 1 aliphatic rings. The summed E-state index contributed by atoms with van der Waals surface area (Å²) in [5.74, 6) is 0.668. The van der Waals surface area contributed by atoms with Crippen molar-refractivity contribution in [3.05, 3.63) is 63.9 Å². The number of benzene rings is 2. The van der Waals surface area contributed by atoms with Crippen molar-refractivity contribution in [3.63, 3.8) is 0 Å². The topological polar surface area (TPSA) is 108 Å². The molecule has 1 aromatic heterocycles. The standard InChI is InChI=1S/C20H18N4O3S2/c1-20(7-8-28-19(21)23-20)13-3-2-4-14(11-13)22-18(25)17-10-12-9-15(24(26)27)5-6-16(12)29-17/h2-6,9-11H,7-8H2,1H3,(H3-,21,22,23,25,26,27)/p+1. The molecule has 7 nitrogen and oxygen atoms in total. The minimum atomic E-state index is -0.404. The second-order valence-corrected chi connectivity index (χ2v) is 9.16. The van der Waals surface area contributed by atoms with Gasteiger partial charge in [0.15, 0.2) is 5.17 Å². The quantitative estimate of drug-likeness (QED) is 0.527. The molecule has 0 spiro atoms. The van der Waals surface area contributed by atoms with Crippen molar-refractivity contribution >= 4 is 55.6 Å². The zero-order valence-corrected chi connectivity index (χ0v) is 17.2. The Morgan fingerprint density at radius 2 is 2.10 bits per heavy atom. The van der Waals surface area contributed by atoms with Crippen molar-refractivity contribution < 1.29 is 14.9 Å². The fourth-order valence-corrected chi connectivity index (χ4v) is 5.19. The molecule has 0 aliphatic carbocycles. The molecule has 1 unspecified atom stereocenters. The maximum absolute atomic E-state index is 12.7. The van der Waals surface area contributed by atoms with E-state index in [9.17, 15) is 9.70 Å². The van der Waals surface area contributed by atoms with Gasteiger partial charge >= 0.3 is 5.69 Å². The number of amides is 1. The molecule has 9 heteroatoms. The van der Waals surface area contributed by atoms with E-state index in [0.717, 1.165) is 27.8 Å². The molecule has 4 N–H and O–H groups in total. The lowest BCUT2D eigenvalue weighted by atomic mass is 9.89. The van der Waals surface area contributed by atoms with Gasteiger partial charge in [0.25, 0.3) is 10.8 Å². The summed E-state index contributed by atoms with van der Waals surface area (Å²) in [5.41, 5.74) is 7.31. The first-order chi connectivity index (χ1) is 13.8. The number of rotatable bonds is 4. The summed E-state index contributed by atoms with van der Waals surface area (Å²) in [7, 11) is 0. The van der Waals surface area contributed by atoms with Crippen molar-refractivity contribution in [2.75, 3.05) is 11.1 Å². The van der Waals surface area contributed by atoms with Crippen LogP contribution in [-0.4, -0.2) is 27.0 Å². The highest BCUT2D eigenvalue weighted by molar-refractivity contribution is 8.13. The van der Waals surface area contributed by atoms with Gasteiger partial charge in [-0.25, -0.2) is 5.21 Å². The SMILES string of the molecule is CC1(c2cccc(NC(=O)c3cc4cc([N+](=O)O)ccc4s3)c2)CCSC(N)=N1. The number of thiophene rings is 1. The third kappa shape index (κ3) is 3.96. The molecular weight excluding hydrogens is 408 g/mol. The van der Waals surface area contributed by atoms with E-state index >= 15 is 0 Å². The number of amidine groups is 1. The Labute approximate surface area is 175 Å². The van der Waals surface area contributed by atoms with E-state index in [1.807, 2.05) is 31.2 Å². The van der Waals surface area contributed by atoms with E-state index in [1.54, 1.807) is 30.0 Å². The molecule has 0 bridgehead atoms. The van der Waals surface area contributed by atoms with E-state index in [-0.39, 0.29) is 16.5 Å². The van der Waals surface area contributed by atoms with Gasteiger partial charge in [-0.15, -0.1) is 11.3 Å². The van der Waals surface area contributed by atoms with E-state index in [2.05, 4.69) is 10.3 Å². The molecule has 1 aliphatic heterocycles. The van der Waals surface area contributed by atoms with E-state index in [1.165, 1.54) is 17.4 Å². The largest absolute Gasteiger partial charge is 0.379 e. The Bertz CT molecular complexity index is 1160. The Kier molecular flexibility index (Phi) is 5.01. The number of nitrogens with zero attached hydrogens (tertiary/aromatic N) is 2. The Balaban J connectivity index is 1.58. The number of nitrogens with one attached hydrogen (secondary N) is 1. The number of fused-ring (bicyclic) bond motifs is 1. The molecule has 4 rings (SSSR count). The van der Waals surface area contributed by atoms with Crippen LogP contribution in [0.1, 0.15) is 28.6 Å². The number of aliphatic imine (C=N–C) groups is 1. The van der Waals surface area contributed by atoms with Crippen LogP contribution in [-0.2, 0) is 5.54 Å². The summed E-state index contributed by atoms with van der Waals surface area (Å²) in [6, 6.07) is 14.1. The van der Waals surface area contributed by atoms with Crippen molar-refractivity contribution in [1.29, 1.82) is 0 Å². The summed E-state index contributed by atoms with van der Waals surface area (Å²) in [6.45, 7) is 2.05. The van der Waals surface area contributed by atoms with Gasteiger partial charge in [-0.3, -0.25) is 9.79 Å². The number of anilines is 1. The highest BCUT2D eigenvalue weighted by Gasteiger charge is 2.29. The Hall–Kier alpha value is -2.91. The molecule has 1 amide bonds. The lowest BCUT2D eigenvalue weighted by Gasteiger charge is -2.30. The number of thioether (sulfide) groups is 1. The van der Waals surface area contributed by atoms with Crippen LogP contribution in [0.25, 0.3) is 10.1 Å². The lowest BCUT2D eigenvalue weighted by Crippen LogP contribution is -2.28. The van der Waals surface area contributed by atoms with Gasteiger partial charge in [-0.1, -0.05) is 23.9 Å². The van der Waals surface area contributed by atoms with Gasteiger partial charge in [-0.2, -0.15) is 0 Å². The fraction of sp³-hybridized carbons (Fsp3) is 0.200. The summed E-state index contributed by atoms with van der Waals surface area (Å²) >= 11 is 2.87. The number of nitrogens with two attached hydrogens (primary N) is 1. The highest BCUT2D eigenvalue weighted by Crippen LogP contribution is 2.36. The third-order valence-electron chi connectivity index (χ3n) is 4.88. The zero-order chi connectivity index (χ0) is 20.6. The lowest BCUT2D eigenvalue weighted by molar-refractivity contribution is -0.729. The second kappa shape index (κ2) is 7.49. The second-order valence-electron chi connectivity index (χ2n) is 6.96. The minimum Gasteiger partial charge on any atom is -0.379 e. The molecule has 0 fully saturated rings. The molecule has 29 heavy (non-hydrogen) atoms. The van der Waals surface area contributed by atoms with Crippen LogP contribution in [0.15, 0.2) is 53.5 Å². The first-order valence-corrected chi connectivity index (χ1v) is 10.7. The van der Waals surface area contributed by atoms with Crippen LogP contribution < -0.4 is 11.1 Å². The predicted molar refractivity (Wildman–Crippen MR) is 117 cm³/mol. The van der Waals surface area contributed by atoms with Crippen molar-refractivity contribution in [1.82, 2.24) is 0 Å². The molecule has 1 atom stereocenters. The summed E-state index contributed by atoms with van der Waals surface area (Å²) < 4.78 is 0.853. The minimum absolute atomic E-state index is 0.119. The van der Waals surface area contributed by atoms with E-state index in [4.69, 9.17) is 10.9 Å². The van der Waals surface area contributed by atoms with Gasteiger partial charge < -0.3 is 11.1 Å². The Morgan fingerprint density at radius 1 is 1.28 bits per heavy atom. The maximum Gasteiger partial charge on any atom is 0.317 e. The van der Waals surface area contributed by atoms with Gasteiger partial charge in [0.1, 0.15) is 0 Å². The molecule has 0 radical (unpaired) electrons. The van der Waals surface area contributed by atoms with Crippen LogP contribution >= 0.6 is 23.1 Å². The average molecular weight is 428 g/mol. The highest BCUT2D eigenvalue weighted by atomic mass is 32.2. The summed E-state index contributed by atoms with van der Waals surface area (Å²) in [5, 5.41) is 13.3. The molecule has 2 aromatic carbocycles. The molecule has 2 heterocycles. The fourth-order valence-electron chi connectivity index (χ4n) is 3.28. The average Bonchev–Trinajstić information content (AvgIpc) is 3.11. The number of carbonyl (C=O) groups is 1. The van der Waals surface area contributed by atoms with Crippen LogP contribution in [0.4, 0.5) is 11.4 Å². The number of carbonyl (C=O) groups excluding carboxylic acids is 1. The number of hydrogen-bond acceptors (Lipinski definition) is 6. The van der Waals surface area contributed by atoms with Crippen molar-refractivity contribution in [2.45, 2.75) is 18.9 Å². The Morgan fingerprint density at radius 3 is 2.86 bits per heavy atom. The predicted octanol–water partition coefficient (Wildman–Crippen LogP) is 4.62. The van der Waals surface area contributed by atoms with E-state index < -0.39 is 5.54 Å². The first kappa shape index (κ1) is 19.4. The first-order valence-electron chi connectivity index (χ1n) is 8.94. The smallest absolute Gasteiger partial charge is 0.317 e. The van der Waals surface area contributed by atoms with Gasteiger partial charge in [0.2, 0.25) is 0 Å². The molecule has 0 saturated heterocycles. The molecule has 0 saturated carbocycles. The van der Waals surface area contributed by atoms with Crippen molar-refractivity contribution in [3.8, 4) is 0 Å². The third-order valence-corrected chi connectivity index (χ3v) is 6.79. The normalized spacial score (nSPS) is 19.0. The van der Waals surface area contributed by atoms with Crippen LogP contribution in [0.2, 0.25) is 0 Å². The molecule has 3 aromatic rings. The van der Waals surface area contributed by atoms with E-state index in [0.29, 0.717) is 15.7 Å². The van der Waals surface area contributed by atoms with Gasteiger partial charge in [-0.05, 0) is 43.2 Å². The zero-order valence-electron chi connectivity index (χ0n) is 15.6. The van der Waals surface area contributed by atoms with Crippen molar-refractivity contribution in [2.24, 2.45) is 10.7 Å². The summed E-state index contributed by atoms with van der Waals surface area (Å²) in [4.78, 5) is 28.7. The monoisotopic (exact) mass is 427 g/mol. The molecular formula is C20H19N4O3S2+. The van der Waals surface area contributed by atoms with Crippen LogP contribution in [0.3, 0.4) is 0 Å². The maximum atomic E-state index is 12.7. The van der Waals surface area contributed by atoms with Gasteiger partial charge in [0.05, 0.1) is 15.3 Å². The number of hydrogen-bond donors (Lipinski definition) is 3. The summed E-state index contributed by atoms with van der Waals surface area (Å²) in [6.07, 6.45) is 0.871. The molecule has 148 valence electrons. The van der Waals surface area contributed by atoms with Crippen LogP contribution in [0.5, 0.6) is 0 Å². The van der Waals surface area contributed by atoms with Gasteiger partial charge in [0, 0.05) is 33.7 Å².